The molecule has 2 fully saturated rings. The fourth-order valence-corrected chi connectivity index (χ4v) is 3.85. The molecule has 4 rings (SSSR count). The van der Waals surface area contributed by atoms with Gasteiger partial charge in [-0.25, -0.2) is 4.90 Å². The average Bonchev–Trinajstić information content (AvgIpc) is 3.16. The van der Waals surface area contributed by atoms with Crippen LogP contribution in [0.15, 0.2) is 30.4 Å². The number of benzene rings is 1. The molecule has 3 heterocycles. The van der Waals surface area contributed by atoms with Crippen molar-refractivity contribution in [3.63, 3.8) is 0 Å². The van der Waals surface area contributed by atoms with Crippen LogP contribution in [0.1, 0.15) is 6.92 Å². The summed E-state index contributed by atoms with van der Waals surface area (Å²) in [6.45, 7) is 1.79. The highest BCUT2D eigenvalue weighted by Crippen LogP contribution is 2.53. The lowest BCUT2D eigenvalue weighted by Gasteiger charge is -2.24. The van der Waals surface area contributed by atoms with E-state index in [4.69, 9.17) is 9.47 Å². The highest BCUT2D eigenvalue weighted by atomic mass is 16.6. The van der Waals surface area contributed by atoms with Crippen molar-refractivity contribution in [2.24, 2.45) is 11.8 Å². The summed E-state index contributed by atoms with van der Waals surface area (Å²) < 4.78 is 10.9. The number of carbonyl (C=O) groups is 2. The third-order valence-electron chi connectivity index (χ3n) is 4.94. The van der Waals surface area contributed by atoms with E-state index in [0.717, 1.165) is 4.90 Å². The van der Waals surface area contributed by atoms with E-state index < -0.39 is 28.5 Å². The van der Waals surface area contributed by atoms with Gasteiger partial charge in [-0.1, -0.05) is 12.2 Å². The SMILES string of the molecule is COc1cc([N+](=O)[O-])ccc1N1C(=O)[C@@H]2[C@@H]3C=C[C@@](C)(O3)[C@@H]2C1=O. The van der Waals surface area contributed by atoms with E-state index >= 15 is 0 Å². The predicted octanol–water partition coefficient (Wildman–Crippen LogP) is 1.44. The minimum Gasteiger partial charge on any atom is -0.494 e. The quantitative estimate of drug-likeness (QED) is 0.360. The van der Waals surface area contributed by atoms with Gasteiger partial charge >= 0.3 is 0 Å². The molecule has 0 N–H and O–H groups in total. The number of hydrogen-bond acceptors (Lipinski definition) is 6. The summed E-state index contributed by atoms with van der Waals surface area (Å²) in [6, 6.07) is 3.82. The minimum absolute atomic E-state index is 0.109. The van der Waals surface area contributed by atoms with Gasteiger partial charge in [0.25, 0.3) is 5.69 Å². The summed E-state index contributed by atoms with van der Waals surface area (Å²) in [7, 11) is 1.34. The van der Waals surface area contributed by atoms with E-state index in [0.29, 0.717) is 0 Å². The number of amides is 2. The van der Waals surface area contributed by atoms with Crippen LogP contribution < -0.4 is 9.64 Å². The Balaban J connectivity index is 1.78. The molecule has 124 valence electrons. The first-order valence-electron chi connectivity index (χ1n) is 7.45. The number of imide groups is 1. The summed E-state index contributed by atoms with van der Waals surface area (Å²) in [5, 5.41) is 10.9. The lowest BCUT2D eigenvalue weighted by Crippen LogP contribution is -2.38. The van der Waals surface area contributed by atoms with Crippen molar-refractivity contribution in [1.82, 2.24) is 0 Å². The molecule has 8 heteroatoms. The predicted molar refractivity (Wildman–Crippen MR) is 81.5 cm³/mol. The molecule has 1 aromatic carbocycles. The van der Waals surface area contributed by atoms with Crippen LogP contribution in [0.5, 0.6) is 5.75 Å². The molecule has 0 aliphatic carbocycles. The third kappa shape index (κ3) is 1.71. The zero-order chi connectivity index (χ0) is 17.2. The van der Waals surface area contributed by atoms with Crippen molar-refractivity contribution in [2.45, 2.75) is 18.6 Å². The molecule has 0 spiro atoms. The van der Waals surface area contributed by atoms with Gasteiger partial charge in [0.05, 0.1) is 47.3 Å². The summed E-state index contributed by atoms with van der Waals surface area (Å²) in [4.78, 5) is 37.1. The molecule has 2 amide bonds. The second-order valence-corrected chi connectivity index (χ2v) is 6.25. The molecule has 3 aliphatic heterocycles. The van der Waals surface area contributed by atoms with Crippen LogP contribution >= 0.6 is 0 Å². The molecule has 2 saturated heterocycles. The number of ether oxygens (including phenoxy) is 2. The Morgan fingerprint density at radius 1 is 1.33 bits per heavy atom. The topological polar surface area (TPSA) is 99.0 Å². The number of nitro groups is 1. The third-order valence-corrected chi connectivity index (χ3v) is 4.94. The Kier molecular flexibility index (Phi) is 2.86. The van der Waals surface area contributed by atoms with E-state index in [1.165, 1.54) is 25.3 Å². The number of nitrogens with zero attached hydrogens (tertiary/aromatic N) is 2. The van der Waals surface area contributed by atoms with E-state index in [2.05, 4.69) is 0 Å². The number of anilines is 1. The first-order valence-corrected chi connectivity index (χ1v) is 7.45. The zero-order valence-corrected chi connectivity index (χ0v) is 13.0. The van der Waals surface area contributed by atoms with Crippen LogP contribution in [0.2, 0.25) is 0 Å². The maximum atomic E-state index is 12.9. The first kappa shape index (κ1) is 14.8. The van der Waals surface area contributed by atoms with Crippen LogP contribution in [0, 0.1) is 22.0 Å². The number of fused-ring (bicyclic) bond motifs is 5. The Hall–Kier alpha value is -2.74. The standard InChI is InChI=1S/C16H14N2O6/c1-16-6-5-10(24-16)12-13(16)15(20)17(14(12)19)9-4-3-8(18(21)22)7-11(9)23-2/h3-7,10,12-13H,1-2H3/t10-,12+,13-,16+/m0/s1. The van der Waals surface area contributed by atoms with E-state index in [9.17, 15) is 19.7 Å². The molecule has 1 aromatic rings. The first-order chi connectivity index (χ1) is 11.4. The lowest BCUT2D eigenvalue weighted by molar-refractivity contribution is -0.384. The van der Waals surface area contributed by atoms with Gasteiger partial charge in [-0.2, -0.15) is 0 Å². The summed E-state index contributed by atoms with van der Waals surface area (Å²) >= 11 is 0. The van der Waals surface area contributed by atoms with Gasteiger partial charge in [0.2, 0.25) is 11.8 Å². The Labute approximate surface area is 136 Å². The minimum atomic E-state index is -0.787. The lowest BCUT2D eigenvalue weighted by atomic mass is 9.78. The fourth-order valence-electron chi connectivity index (χ4n) is 3.85. The van der Waals surface area contributed by atoms with Crippen molar-refractivity contribution < 1.29 is 24.0 Å². The number of hydrogen-bond donors (Lipinski definition) is 0. The van der Waals surface area contributed by atoms with Crippen LogP contribution in [0.4, 0.5) is 11.4 Å². The number of rotatable bonds is 3. The van der Waals surface area contributed by atoms with Crippen LogP contribution in [-0.2, 0) is 14.3 Å². The molecule has 24 heavy (non-hydrogen) atoms. The van der Waals surface area contributed by atoms with Gasteiger partial charge in [-0.3, -0.25) is 19.7 Å². The highest BCUT2D eigenvalue weighted by Gasteiger charge is 2.66. The normalized spacial score (nSPS) is 33.2. The second kappa shape index (κ2) is 4.64. The van der Waals surface area contributed by atoms with Gasteiger partial charge < -0.3 is 9.47 Å². The smallest absolute Gasteiger partial charge is 0.273 e. The average molecular weight is 330 g/mol. The summed E-state index contributed by atoms with van der Waals surface area (Å²) in [5.41, 5.74) is -0.743. The number of nitro benzene ring substituents is 1. The molecule has 4 atom stereocenters. The van der Waals surface area contributed by atoms with Gasteiger partial charge in [0, 0.05) is 6.07 Å². The van der Waals surface area contributed by atoms with Crippen molar-refractivity contribution in [3.8, 4) is 5.75 Å². The zero-order valence-electron chi connectivity index (χ0n) is 13.0. The number of carbonyl (C=O) groups excluding carboxylic acids is 2. The summed E-state index contributed by atoms with van der Waals surface area (Å²) in [6.07, 6.45) is 3.22. The van der Waals surface area contributed by atoms with Gasteiger partial charge in [-0.05, 0) is 13.0 Å². The summed E-state index contributed by atoms with van der Waals surface area (Å²) in [5.74, 6) is -1.77. The number of methoxy groups -OCH3 is 1. The highest BCUT2D eigenvalue weighted by molar-refractivity contribution is 6.24. The molecule has 3 aliphatic rings. The van der Waals surface area contributed by atoms with Crippen molar-refractivity contribution in [2.75, 3.05) is 12.0 Å². The fraction of sp³-hybridized carbons (Fsp3) is 0.375. The van der Waals surface area contributed by atoms with Crippen LogP contribution in [-0.4, -0.2) is 35.6 Å². The van der Waals surface area contributed by atoms with E-state index in [1.54, 1.807) is 6.92 Å². The molecule has 0 radical (unpaired) electrons. The van der Waals surface area contributed by atoms with Crippen molar-refractivity contribution >= 4 is 23.2 Å². The molecule has 0 saturated carbocycles. The molecule has 2 bridgehead atoms. The van der Waals surface area contributed by atoms with Crippen LogP contribution in [0.3, 0.4) is 0 Å². The van der Waals surface area contributed by atoms with E-state index in [-0.39, 0.29) is 28.9 Å². The van der Waals surface area contributed by atoms with Gasteiger partial charge in [-0.15, -0.1) is 0 Å². The Morgan fingerprint density at radius 3 is 2.71 bits per heavy atom. The van der Waals surface area contributed by atoms with Gasteiger partial charge in [0.15, 0.2) is 0 Å². The Morgan fingerprint density at radius 2 is 2.08 bits per heavy atom. The molecule has 0 unspecified atom stereocenters. The molecular formula is C16H14N2O6. The Bertz CT molecular complexity index is 819. The van der Waals surface area contributed by atoms with Gasteiger partial charge in [0.1, 0.15) is 5.75 Å². The number of non-ortho nitro benzene ring substituents is 1. The molecular weight excluding hydrogens is 316 g/mol. The van der Waals surface area contributed by atoms with E-state index in [1.807, 2.05) is 12.2 Å². The largest absolute Gasteiger partial charge is 0.494 e. The van der Waals surface area contributed by atoms with Crippen molar-refractivity contribution in [3.05, 3.63) is 40.5 Å². The van der Waals surface area contributed by atoms with Crippen LogP contribution in [0.25, 0.3) is 0 Å². The second-order valence-electron chi connectivity index (χ2n) is 6.25. The molecule has 8 nitrogen and oxygen atoms in total. The monoisotopic (exact) mass is 330 g/mol. The maximum absolute atomic E-state index is 12.9. The van der Waals surface area contributed by atoms with Crippen molar-refractivity contribution in [1.29, 1.82) is 0 Å². The molecule has 0 aromatic heterocycles. The maximum Gasteiger partial charge on any atom is 0.273 e.